The number of fused-ring (bicyclic) bond motifs is 7. The van der Waals surface area contributed by atoms with Gasteiger partial charge in [0.25, 0.3) is 0 Å². The maximum absolute atomic E-state index is 5.30. The van der Waals surface area contributed by atoms with Crippen molar-refractivity contribution >= 4 is 44.6 Å². The first kappa shape index (κ1) is 33.6. The van der Waals surface area contributed by atoms with Gasteiger partial charge in [0, 0.05) is 48.3 Å². The highest BCUT2D eigenvalue weighted by molar-refractivity contribution is 7.99. The first-order chi connectivity index (χ1) is 29.2. The second-order valence-electron chi connectivity index (χ2n) is 14.9. The molecule has 0 atom stereocenters. The van der Waals surface area contributed by atoms with Gasteiger partial charge in [-0.15, -0.1) is 0 Å². The van der Waals surface area contributed by atoms with Gasteiger partial charge in [-0.1, -0.05) is 157 Å². The third-order valence-electron chi connectivity index (χ3n) is 11.3. The largest absolute Gasteiger partial charge is 0.295 e. The van der Waals surface area contributed by atoms with E-state index < -0.39 is 0 Å². The summed E-state index contributed by atoms with van der Waals surface area (Å²) >= 11 is 1.85. The third kappa shape index (κ3) is 5.52. The first-order valence-corrected chi connectivity index (χ1v) is 20.6. The molecule has 12 rings (SSSR count). The molecule has 0 saturated carbocycles. The third-order valence-corrected chi connectivity index (χ3v) is 12.4. The summed E-state index contributed by atoms with van der Waals surface area (Å²) in [5, 5.41) is 3.73. The zero-order chi connectivity index (χ0) is 38.9. The van der Waals surface area contributed by atoms with Crippen LogP contribution in [0.3, 0.4) is 0 Å². The van der Waals surface area contributed by atoms with Gasteiger partial charge in [-0.25, -0.2) is 15.0 Å². The molecule has 0 N–H and O–H groups in total. The predicted molar refractivity (Wildman–Crippen MR) is 242 cm³/mol. The number of rotatable bonds is 6. The summed E-state index contributed by atoms with van der Waals surface area (Å²) in [5.74, 6) is 1.85. The van der Waals surface area contributed by atoms with Gasteiger partial charge < -0.3 is 0 Å². The second kappa shape index (κ2) is 13.5. The van der Waals surface area contributed by atoms with Crippen LogP contribution in [0.15, 0.2) is 210 Å². The maximum atomic E-state index is 5.30. The Hall–Kier alpha value is -7.54. The molecular weight excluding hydrogens is 739 g/mol. The zero-order valence-electron chi connectivity index (χ0n) is 31.7. The topological polar surface area (TPSA) is 48.5 Å². The molecule has 3 aromatic heterocycles. The summed E-state index contributed by atoms with van der Waals surface area (Å²) < 4.78 is 4.89. The molecule has 0 radical (unpaired) electrons. The van der Waals surface area contributed by atoms with E-state index >= 15 is 0 Å². The van der Waals surface area contributed by atoms with Crippen molar-refractivity contribution in [3.63, 3.8) is 0 Å². The minimum Gasteiger partial charge on any atom is -0.295 e. The molecule has 5 nitrogen and oxygen atoms in total. The minimum absolute atomic E-state index is 0.612. The number of aromatic nitrogens is 5. The van der Waals surface area contributed by atoms with E-state index in [2.05, 4.69) is 191 Å². The number of nitrogens with zero attached hydrogens (tertiary/aromatic N) is 5. The van der Waals surface area contributed by atoms with Crippen molar-refractivity contribution in [2.24, 2.45) is 0 Å². The highest BCUT2D eigenvalue weighted by Crippen LogP contribution is 2.49. The fourth-order valence-electron chi connectivity index (χ4n) is 8.68. The summed E-state index contributed by atoms with van der Waals surface area (Å²) in [6, 6.07) is 70.7. The fraction of sp³-hybridized carbons (Fsp3) is 0. The summed E-state index contributed by atoms with van der Waals surface area (Å²) in [6.07, 6.45) is 0. The molecule has 11 aromatic rings. The van der Waals surface area contributed by atoms with Crippen molar-refractivity contribution in [1.29, 1.82) is 0 Å². The molecule has 0 bridgehead atoms. The Morgan fingerprint density at radius 2 is 0.881 bits per heavy atom. The average Bonchev–Trinajstić information content (AvgIpc) is 3.84. The van der Waals surface area contributed by atoms with Crippen molar-refractivity contribution in [3.05, 3.63) is 200 Å². The molecule has 4 heterocycles. The van der Waals surface area contributed by atoms with E-state index in [0.29, 0.717) is 17.5 Å². The van der Waals surface area contributed by atoms with Crippen LogP contribution < -0.4 is 0 Å². The lowest BCUT2D eigenvalue weighted by Gasteiger charge is -2.21. The van der Waals surface area contributed by atoms with Gasteiger partial charge in [0.05, 0.1) is 16.7 Å². The van der Waals surface area contributed by atoms with E-state index in [9.17, 15) is 0 Å². The molecule has 0 amide bonds. The van der Waals surface area contributed by atoms with Crippen LogP contribution in [0.5, 0.6) is 0 Å². The molecule has 1 aliphatic rings. The van der Waals surface area contributed by atoms with Crippen molar-refractivity contribution in [1.82, 2.24) is 24.1 Å². The molecule has 0 spiro atoms. The van der Waals surface area contributed by atoms with Crippen LogP contribution in [0.2, 0.25) is 0 Å². The SMILES string of the molecule is c1ccc(-c2cc(-c3ccccc3)cc(-c3nc(-c4ccccc4)nc(-c4cccc(-n5c6ccccc6c6c7cccc8c7n(c65)-c5ccccc5S8)c4)n3)c2)cc1. The van der Waals surface area contributed by atoms with Crippen LogP contribution in [0.25, 0.3) is 101 Å². The fourth-order valence-corrected chi connectivity index (χ4v) is 9.77. The van der Waals surface area contributed by atoms with Crippen LogP contribution in [0.4, 0.5) is 0 Å². The Bertz CT molecular complexity index is 3350. The molecule has 276 valence electrons. The van der Waals surface area contributed by atoms with Crippen LogP contribution in [0, 0.1) is 0 Å². The van der Waals surface area contributed by atoms with Gasteiger partial charge in [-0.3, -0.25) is 9.13 Å². The van der Waals surface area contributed by atoms with Gasteiger partial charge in [0.2, 0.25) is 0 Å². The van der Waals surface area contributed by atoms with Crippen LogP contribution >= 0.6 is 11.8 Å². The number of hydrogen-bond donors (Lipinski definition) is 0. The number of para-hydroxylation sites is 3. The molecule has 8 aromatic carbocycles. The van der Waals surface area contributed by atoms with Gasteiger partial charge in [0.1, 0.15) is 5.65 Å². The van der Waals surface area contributed by atoms with Crippen molar-refractivity contribution in [2.75, 3.05) is 0 Å². The van der Waals surface area contributed by atoms with E-state index in [1.807, 2.05) is 30.0 Å². The molecule has 1 aliphatic heterocycles. The second-order valence-corrected chi connectivity index (χ2v) is 15.9. The standard InChI is InChI=1S/C53H33N5S/c1-4-16-34(17-5-1)38-30-39(35-18-6-2-7-19-35)32-40(31-38)52-55-50(36-20-8-3-9-21-36)54-51(56-52)37-22-14-23-41(33-37)57-44-26-11-10-24-42(44)48-43-25-15-29-47-49(43)58(53(48)57)45-27-12-13-28-46(45)59-47/h1-33H. The van der Waals surface area contributed by atoms with Crippen LogP contribution in [-0.4, -0.2) is 24.1 Å². The Morgan fingerprint density at radius 3 is 1.61 bits per heavy atom. The van der Waals surface area contributed by atoms with Crippen LogP contribution in [0.1, 0.15) is 0 Å². The molecule has 59 heavy (non-hydrogen) atoms. The Kier molecular flexibility index (Phi) is 7.71. The van der Waals surface area contributed by atoms with E-state index in [0.717, 1.165) is 55.8 Å². The van der Waals surface area contributed by atoms with E-state index in [1.165, 1.54) is 37.2 Å². The lowest BCUT2D eigenvalue weighted by Crippen LogP contribution is -2.06. The van der Waals surface area contributed by atoms with Crippen LogP contribution in [-0.2, 0) is 0 Å². The average molecular weight is 772 g/mol. The Labute approximate surface area is 344 Å². The zero-order valence-corrected chi connectivity index (χ0v) is 32.5. The van der Waals surface area contributed by atoms with Gasteiger partial charge in [-0.2, -0.15) is 0 Å². The molecule has 0 fully saturated rings. The van der Waals surface area contributed by atoms with E-state index in [-0.39, 0.29) is 0 Å². The van der Waals surface area contributed by atoms with Gasteiger partial charge in [-0.05, 0) is 76.9 Å². The predicted octanol–water partition coefficient (Wildman–Crippen LogP) is 13.7. The van der Waals surface area contributed by atoms with Crippen molar-refractivity contribution < 1.29 is 0 Å². The summed E-state index contributed by atoms with van der Waals surface area (Å²) in [6.45, 7) is 0. The van der Waals surface area contributed by atoms with Crippen molar-refractivity contribution in [2.45, 2.75) is 9.79 Å². The van der Waals surface area contributed by atoms with Crippen molar-refractivity contribution in [3.8, 4) is 67.8 Å². The summed E-state index contributed by atoms with van der Waals surface area (Å²) in [7, 11) is 0. The normalized spacial score (nSPS) is 12.0. The molecular formula is C53H33N5S. The number of benzene rings is 8. The summed E-state index contributed by atoms with van der Waals surface area (Å²) in [5.41, 5.74) is 13.0. The highest BCUT2D eigenvalue weighted by Gasteiger charge is 2.28. The van der Waals surface area contributed by atoms with E-state index in [1.54, 1.807) is 0 Å². The van der Waals surface area contributed by atoms with E-state index in [4.69, 9.17) is 15.0 Å². The molecule has 6 heteroatoms. The quantitative estimate of drug-likeness (QED) is 0.169. The number of hydrogen-bond acceptors (Lipinski definition) is 4. The lowest BCUT2D eigenvalue weighted by atomic mass is 9.96. The van der Waals surface area contributed by atoms with Gasteiger partial charge >= 0.3 is 0 Å². The first-order valence-electron chi connectivity index (χ1n) is 19.8. The van der Waals surface area contributed by atoms with Gasteiger partial charge in [0.15, 0.2) is 17.5 Å². The molecule has 0 saturated heterocycles. The molecule has 0 unspecified atom stereocenters. The monoisotopic (exact) mass is 771 g/mol. The minimum atomic E-state index is 0.612. The Balaban J connectivity index is 1.09. The maximum Gasteiger partial charge on any atom is 0.164 e. The Morgan fingerprint density at radius 1 is 0.356 bits per heavy atom. The lowest BCUT2D eigenvalue weighted by molar-refractivity contribution is 1.02. The summed E-state index contributed by atoms with van der Waals surface area (Å²) in [4.78, 5) is 18.2. The highest BCUT2D eigenvalue weighted by atomic mass is 32.2. The molecule has 0 aliphatic carbocycles. The smallest absolute Gasteiger partial charge is 0.164 e.